The van der Waals surface area contributed by atoms with Crippen molar-refractivity contribution in [2.75, 3.05) is 23.7 Å². The molecular weight excluding hydrogens is 298 g/mol. The fourth-order valence-corrected chi connectivity index (χ4v) is 3.04. The maximum absolute atomic E-state index is 12.2. The largest absolute Gasteiger partial charge is 0.422 e. The first-order valence-corrected chi connectivity index (χ1v) is 8.04. The van der Waals surface area contributed by atoms with Crippen molar-refractivity contribution < 1.29 is 4.42 Å². The van der Waals surface area contributed by atoms with E-state index >= 15 is 0 Å². The maximum atomic E-state index is 12.2. The Morgan fingerprint density at radius 1 is 1.27 bits per heavy atom. The van der Waals surface area contributed by atoms with E-state index in [1.165, 1.54) is 11.3 Å². The molecule has 0 amide bonds. The van der Waals surface area contributed by atoms with Gasteiger partial charge in [-0.1, -0.05) is 0 Å². The zero-order valence-corrected chi connectivity index (χ0v) is 13.3. The molecule has 0 radical (unpaired) electrons. The molecule has 114 valence electrons. The van der Waals surface area contributed by atoms with Crippen LogP contribution in [0, 0.1) is 0 Å². The number of nitrogens with two attached hydrogens (primary N) is 1. The van der Waals surface area contributed by atoms with Gasteiger partial charge in [0.15, 0.2) is 5.13 Å². The van der Waals surface area contributed by atoms with Crippen LogP contribution in [-0.4, -0.2) is 18.1 Å². The van der Waals surface area contributed by atoms with Crippen molar-refractivity contribution in [3.05, 3.63) is 40.1 Å². The molecule has 0 atom stereocenters. The van der Waals surface area contributed by atoms with Crippen LogP contribution < -0.4 is 16.3 Å². The summed E-state index contributed by atoms with van der Waals surface area (Å²) in [7, 11) is 0. The van der Waals surface area contributed by atoms with E-state index in [9.17, 15) is 4.79 Å². The summed E-state index contributed by atoms with van der Waals surface area (Å²) < 4.78 is 5.48. The molecule has 0 bridgehead atoms. The van der Waals surface area contributed by atoms with E-state index in [2.05, 4.69) is 23.7 Å². The normalized spacial score (nSPS) is 11.0. The van der Waals surface area contributed by atoms with Gasteiger partial charge in [-0.05, 0) is 32.0 Å². The zero-order valence-electron chi connectivity index (χ0n) is 12.5. The van der Waals surface area contributed by atoms with Gasteiger partial charge in [-0.3, -0.25) is 0 Å². The van der Waals surface area contributed by atoms with Crippen molar-refractivity contribution in [2.45, 2.75) is 13.8 Å². The van der Waals surface area contributed by atoms with Gasteiger partial charge in [0, 0.05) is 35.6 Å². The van der Waals surface area contributed by atoms with Crippen molar-refractivity contribution >= 4 is 33.1 Å². The molecule has 3 rings (SSSR count). The summed E-state index contributed by atoms with van der Waals surface area (Å²) in [5, 5.41) is 3.07. The van der Waals surface area contributed by atoms with Gasteiger partial charge < -0.3 is 15.1 Å². The monoisotopic (exact) mass is 315 g/mol. The van der Waals surface area contributed by atoms with Crippen molar-refractivity contribution in [2.24, 2.45) is 0 Å². The van der Waals surface area contributed by atoms with Crippen LogP contribution in [0.25, 0.3) is 22.2 Å². The minimum absolute atomic E-state index is 0.394. The molecule has 0 fully saturated rings. The average molecular weight is 315 g/mol. The number of anilines is 2. The predicted molar refractivity (Wildman–Crippen MR) is 91.6 cm³/mol. The number of aromatic nitrogens is 1. The standard InChI is InChI=1S/C16H17N3O2S/c1-3-19(4-2)11-6-5-10-7-12(13-9-22-16(17)18-13)15(20)21-14(10)8-11/h5-9H,3-4H2,1-2H3,(H2,17,18). The van der Waals surface area contributed by atoms with Crippen LogP contribution in [0.5, 0.6) is 0 Å². The minimum Gasteiger partial charge on any atom is -0.422 e. The molecule has 0 aliphatic heterocycles. The van der Waals surface area contributed by atoms with Gasteiger partial charge in [0.2, 0.25) is 0 Å². The quantitative estimate of drug-likeness (QED) is 0.748. The Labute approximate surface area is 132 Å². The Morgan fingerprint density at radius 3 is 2.68 bits per heavy atom. The molecule has 0 aliphatic carbocycles. The van der Waals surface area contributed by atoms with Gasteiger partial charge in [0.05, 0.1) is 11.3 Å². The van der Waals surface area contributed by atoms with Gasteiger partial charge in [0.25, 0.3) is 0 Å². The number of thiazole rings is 1. The van der Waals surface area contributed by atoms with Gasteiger partial charge in [-0.2, -0.15) is 0 Å². The summed E-state index contributed by atoms with van der Waals surface area (Å²) >= 11 is 1.31. The highest BCUT2D eigenvalue weighted by atomic mass is 32.1. The van der Waals surface area contributed by atoms with Crippen molar-refractivity contribution in [3.63, 3.8) is 0 Å². The first-order valence-electron chi connectivity index (χ1n) is 7.16. The lowest BCUT2D eigenvalue weighted by atomic mass is 10.1. The number of nitrogen functional groups attached to an aromatic ring is 1. The molecule has 2 heterocycles. The van der Waals surface area contributed by atoms with Crippen molar-refractivity contribution in [1.29, 1.82) is 0 Å². The third kappa shape index (κ3) is 2.57. The molecule has 22 heavy (non-hydrogen) atoms. The fourth-order valence-electron chi connectivity index (χ4n) is 2.48. The summed E-state index contributed by atoms with van der Waals surface area (Å²) in [6.45, 7) is 6.00. The number of rotatable bonds is 4. The van der Waals surface area contributed by atoms with Gasteiger partial charge >= 0.3 is 5.63 Å². The van der Waals surface area contributed by atoms with Crippen LogP contribution in [0.4, 0.5) is 10.8 Å². The van der Waals surface area contributed by atoms with E-state index in [-0.39, 0.29) is 0 Å². The topological polar surface area (TPSA) is 72.4 Å². The highest BCUT2D eigenvalue weighted by Crippen LogP contribution is 2.26. The van der Waals surface area contributed by atoms with E-state index in [1.807, 2.05) is 24.3 Å². The first-order chi connectivity index (χ1) is 10.6. The molecular formula is C16H17N3O2S. The first kappa shape index (κ1) is 14.6. The van der Waals surface area contributed by atoms with Gasteiger partial charge in [-0.15, -0.1) is 11.3 Å². The molecule has 0 aliphatic rings. The number of benzene rings is 1. The van der Waals surface area contributed by atoms with Crippen molar-refractivity contribution in [1.82, 2.24) is 4.98 Å². The average Bonchev–Trinajstić information content (AvgIpc) is 2.94. The number of hydrogen-bond acceptors (Lipinski definition) is 6. The van der Waals surface area contributed by atoms with Crippen LogP contribution in [0.15, 0.2) is 38.9 Å². The number of hydrogen-bond donors (Lipinski definition) is 1. The Balaban J connectivity index is 2.12. The lowest BCUT2D eigenvalue weighted by Gasteiger charge is -2.20. The molecule has 5 nitrogen and oxygen atoms in total. The van der Waals surface area contributed by atoms with E-state index in [0.29, 0.717) is 22.0 Å². The Morgan fingerprint density at radius 2 is 2.05 bits per heavy atom. The Bertz CT molecular complexity index is 865. The highest BCUT2D eigenvalue weighted by Gasteiger charge is 2.12. The summed E-state index contributed by atoms with van der Waals surface area (Å²) in [5.41, 5.74) is 7.87. The second kappa shape index (κ2) is 5.81. The minimum atomic E-state index is -0.394. The lowest BCUT2D eigenvalue weighted by molar-refractivity contribution is 0.563. The summed E-state index contributed by atoms with van der Waals surface area (Å²) in [4.78, 5) is 18.6. The Kier molecular flexibility index (Phi) is 3.85. The third-order valence-corrected chi connectivity index (χ3v) is 4.32. The smallest absolute Gasteiger partial charge is 0.345 e. The molecule has 0 saturated carbocycles. The second-order valence-electron chi connectivity index (χ2n) is 4.91. The summed E-state index contributed by atoms with van der Waals surface area (Å²) in [6.07, 6.45) is 0. The van der Waals surface area contributed by atoms with E-state index < -0.39 is 5.63 Å². The van der Waals surface area contributed by atoms with Crippen molar-refractivity contribution in [3.8, 4) is 11.3 Å². The van der Waals surface area contributed by atoms with Crippen LogP contribution >= 0.6 is 11.3 Å². The second-order valence-corrected chi connectivity index (χ2v) is 5.80. The summed E-state index contributed by atoms with van der Waals surface area (Å²) in [6, 6.07) is 7.71. The lowest BCUT2D eigenvalue weighted by Crippen LogP contribution is -2.21. The zero-order chi connectivity index (χ0) is 15.7. The highest BCUT2D eigenvalue weighted by molar-refractivity contribution is 7.13. The molecule has 6 heteroatoms. The molecule has 2 N–H and O–H groups in total. The molecule has 1 aromatic carbocycles. The molecule has 0 spiro atoms. The van der Waals surface area contributed by atoms with Crippen LogP contribution in [0.1, 0.15) is 13.8 Å². The maximum Gasteiger partial charge on any atom is 0.345 e. The van der Waals surface area contributed by atoms with Crippen LogP contribution in [0.3, 0.4) is 0 Å². The summed E-state index contributed by atoms with van der Waals surface area (Å²) in [5.74, 6) is 0. The molecule has 2 aromatic heterocycles. The fraction of sp³-hybridized carbons (Fsp3) is 0.250. The SMILES string of the molecule is CCN(CC)c1ccc2cc(-c3csc(N)n3)c(=O)oc2c1. The van der Waals surface area contributed by atoms with Gasteiger partial charge in [-0.25, -0.2) is 9.78 Å². The number of nitrogens with zero attached hydrogens (tertiary/aromatic N) is 2. The van der Waals surface area contributed by atoms with Crippen LogP contribution in [-0.2, 0) is 0 Å². The van der Waals surface area contributed by atoms with Crippen LogP contribution in [0.2, 0.25) is 0 Å². The number of fused-ring (bicyclic) bond motifs is 1. The van der Waals surface area contributed by atoms with E-state index in [4.69, 9.17) is 10.2 Å². The van der Waals surface area contributed by atoms with E-state index in [0.717, 1.165) is 24.2 Å². The predicted octanol–water partition coefficient (Wildman–Crippen LogP) is 3.34. The third-order valence-electron chi connectivity index (χ3n) is 3.65. The molecule has 0 saturated heterocycles. The van der Waals surface area contributed by atoms with Gasteiger partial charge in [0.1, 0.15) is 5.58 Å². The Hall–Kier alpha value is -2.34. The van der Waals surface area contributed by atoms with E-state index in [1.54, 1.807) is 5.38 Å². The molecule has 0 unspecified atom stereocenters. The molecule has 3 aromatic rings.